The maximum atomic E-state index is 14.0. The Hall–Kier alpha value is -3.61. The Bertz CT molecular complexity index is 1230. The second-order valence-electron chi connectivity index (χ2n) is 7.55. The Morgan fingerprint density at radius 3 is 2.65 bits per heavy atom. The zero-order valence-corrected chi connectivity index (χ0v) is 17.6. The molecule has 1 aliphatic rings. The summed E-state index contributed by atoms with van der Waals surface area (Å²) in [7, 11) is 3.27. The summed E-state index contributed by atoms with van der Waals surface area (Å²) in [6, 6.07) is 10.5. The van der Waals surface area contributed by atoms with E-state index in [1.54, 1.807) is 0 Å². The summed E-state index contributed by atoms with van der Waals surface area (Å²) < 4.78 is 21.2. The number of hydrogen-bond acceptors (Lipinski definition) is 4. The van der Waals surface area contributed by atoms with E-state index < -0.39 is 29.3 Å². The first-order valence-electron chi connectivity index (χ1n) is 10.0. The van der Waals surface area contributed by atoms with E-state index in [0.717, 1.165) is 22.5 Å². The predicted molar refractivity (Wildman–Crippen MR) is 115 cm³/mol. The third-order valence-corrected chi connectivity index (χ3v) is 5.64. The number of fused-ring (bicyclic) bond motifs is 1. The molecule has 1 aliphatic heterocycles. The Labute approximate surface area is 179 Å². The van der Waals surface area contributed by atoms with Crippen LogP contribution in [-0.4, -0.2) is 39.9 Å². The summed E-state index contributed by atoms with van der Waals surface area (Å²) in [4.78, 5) is 27.4. The van der Waals surface area contributed by atoms with Crippen molar-refractivity contribution >= 4 is 28.4 Å². The van der Waals surface area contributed by atoms with E-state index in [2.05, 4.69) is 0 Å². The molecule has 0 aliphatic carbocycles. The number of Topliss-reactive ketones (excluding diaryl/α,β-unsaturated/α-hetero) is 1. The van der Waals surface area contributed by atoms with Crippen molar-refractivity contribution in [2.75, 3.05) is 13.7 Å². The number of carbonyl (C=O) groups excluding carboxylic acids is 2. The molecule has 1 atom stereocenters. The number of aliphatic hydroxyl groups excluding tert-OH is 1. The largest absolute Gasteiger partial charge is 0.507 e. The van der Waals surface area contributed by atoms with Gasteiger partial charge in [-0.3, -0.25) is 9.59 Å². The van der Waals surface area contributed by atoms with Gasteiger partial charge in [0.2, 0.25) is 0 Å². The predicted octanol–water partition coefficient (Wildman–Crippen LogP) is 4.16. The number of aromatic nitrogens is 1. The molecule has 1 saturated heterocycles. The van der Waals surface area contributed by atoms with Gasteiger partial charge in [-0.2, -0.15) is 0 Å². The van der Waals surface area contributed by atoms with Crippen LogP contribution in [0.5, 0.6) is 5.75 Å². The van der Waals surface area contributed by atoms with Crippen LogP contribution in [0.25, 0.3) is 16.7 Å². The lowest BCUT2D eigenvalue weighted by molar-refractivity contribution is -0.139. The van der Waals surface area contributed by atoms with Gasteiger partial charge in [0.1, 0.15) is 17.3 Å². The maximum absolute atomic E-state index is 14.0. The van der Waals surface area contributed by atoms with Gasteiger partial charge in [-0.05, 0) is 30.7 Å². The van der Waals surface area contributed by atoms with Crippen LogP contribution in [0.4, 0.5) is 4.39 Å². The molecule has 6 nitrogen and oxygen atoms in total. The molecular weight excluding hydrogens is 399 g/mol. The molecule has 1 N–H and O–H groups in total. The number of ether oxygens (including phenoxy) is 1. The molecule has 1 unspecified atom stereocenters. The van der Waals surface area contributed by atoms with Gasteiger partial charge >= 0.3 is 0 Å². The fourth-order valence-electron chi connectivity index (χ4n) is 4.28. The Kier molecular flexibility index (Phi) is 5.27. The van der Waals surface area contributed by atoms with Crippen LogP contribution in [-0.2, 0) is 16.6 Å². The van der Waals surface area contributed by atoms with E-state index in [0.29, 0.717) is 13.0 Å². The fourth-order valence-corrected chi connectivity index (χ4v) is 4.28. The number of para-hydroxylation sites is 1. The highest BCUT2D eigenvalue weighted by Crippen LogP contribution is 2.43. The minimum absolute atomic E-state index is 0.0298. The van der Waals surface area contributed by atoms with E-state index in [1.165, 1.54) is 24.1 Å². The molecule has 1 aromatic heterocycles. The van der Waals surface area contributed by atoms with Crippen molar-refractivity contribution in [2.45, 2.75) is 19.4 Å². The van der Waals surface area contributed by atoms with E-state index in [-0.39, 0.29) is 16.9 Å². The van der Waals surface area contributed by atoms with Gasteiger partial charge in [0.05, 0.1) is 24.3 Å². The summed E-state index contributed by atoms with van der Waals surface area (Å²) in [5, 5.41) is 12.0. The first-order chi connectivity index (χ1) is 14.9. The molecule has 31 heavy (non-hydrogen) atoms. The maximum Gasteiger partial charge on any atom is 0.295 e. The minimum atomic E-state index is -0.796. The summed E-state index contributed by atoms with van der Waals surface area (Å²) in [5.41, 5.74) is 1.62. The van der Waals surface area contributed by atoms with Crippen LogP contribution >= 0.6 is 0 Å². The van der Waals surface area contributed by atoms with Crippen molar-refractivity contribution in [3.8, 4) is 5.75 Å². The first kappa shape index (κ1) is 20.7. The second-order valence-corrected chi connectivity index (χ2v) is 7.55. The molecule has 1 amide bonds. The zero-order valence-electron chi connectivity index (χ0n) is 17.6. The highest BCUT2D eigenvalue weighted by Gasteiger charge is 2.46. The van der Waals surface area contributed by atoms with Crippen LogP contribution < -0.4 is 4.74 Å². The van der Waals surface area contributed by atoms with Crippen molar-refractivity contribution in [2.24, 2.45) is 7.05 Å². The number of hydrogen-bond donors (Lipinski definition) is 1. The molecule has 1 fully saturated rings. The normalized spacial score (nSPS) is 18.2. The quantitative estimate of drug-likeness (QED) is 0.381. The molecule has 0 radical (unpaired) electrons. The van der Waals surface area contributed by atoms with Gasteiger partial charge < -0.3 is 19.3 Å². The smallest absolute Gasteiger partial charge is 0.295 e. The number of aliphatic hydroxyl groups is 1. The number of benzene rings is 2. The van der Waals surface area contributed by atoms with Crippen LogP contribution in [0.3, 0.4) is 0 Å². The molecular formula is C24H23FN2O4. The number of rotatable bonds is 5. The second kappa shape index (κ2) is 7.91. The third-order valence-electron chi connectivity index (χ3n) is 5.64. The number of amides is 1. The van der Waals surface area contributed by atoms with Crippen molar-refractivity contribution < 1.29 is 23.8 Å². The topological polar surface area (TPSA) is 71.8 Å². The molecule has 0 saturated carbocycles. The first-order valence-corrected chi connectivity index (χ1v) is 10.0. The SMILES string of the molecule is CCCN1C(=O)C(=O)/C(=C(/O)c2cc(F)ccc2OC)C1c1cn(C)c2ccccc12. The zero-order chi connectivity index (χ0) is 22.3. The van der Waals surface area contributed by atoms with Crippen molar-refractivity contribution in [3.05, 3.63) is 71.2 Å². The monoisotopic (exact) mass is 422 g/mol. The van der Waals surface area contributed by atoms with Crippen molar-refractivity contribution in [3.63, 3.8) is 0 Å². The average Bonchev–Trinajstić information content (AvgIpc) is 3.22. The average molecular weight is 422 g/mol. The van der Waals surface area contributed by atoms with Gasteiger partial charge in [-0.25, -0.2) is 4.39 Å². The lowest BCUT2D eigenvalue weighted by Crippen LogP contribution is -2.30. The standard InChI is InChI=1S/C24H23FN2O4/c1-4-11-27-21(17-13-26(2)18-8-6-5-7-15(17)18)20(23(29)24(27)30)22(28)16-12-14(25)9-10-19(16)31-3/h5-10,12-13,21,28H,4,11H2,1-3H3/b22-20+. The summed E-state index contributed by atoms with van der Waals surface area (Å²) in [5.74, 6) is -2.32. The fraction of sp³-hybridized carbons (Fsp3) is 0.250. The number of halogens is 1. The third kappa shape index (κ3) is 3.26. The number of nitrogens with zero attached hydrogens (tertiary/aromatic N) is 2. The molecule has 7 heteroatoms. The minimum Gasteiger partial charge on any atom is -0.507 e. The van der Waals surface area contributed by atoms with Gasteiger partial charge in [0.15, 0.2) is 0 Å². The summed E-state index contributed by atoms with van der Waals surface area (Å²) in [6.07, 6.45) is 2.50. The number of methoxy groups -OCH3 is 1. The van der Waals surface area contributed by atoms with Crippen molar-refractivity contribution in [1.82, 2.24) is 9.47 Å². The lowest BCUT2D eigenvalue weighted by atomic mass is 9.94. The molecule has 160 valence electrons. The highest BCUT2D eigenvalue weighted by atomic mass is 19.1. The number of aryl methyl sites for hydroxylation is 1. The summed E-state index contributed by atoms with van der Waals surface area (Å²) >= 11 is 0. The van der Waals surface area contributed by atoms with E-state index in [1.807, 2.05) is 49.0 Å². The van der Waals surface area contributed by atoms with E-state index >= 15 is 0 Å². The van der Waals surface area contributed by atoms with Gasteiger partial charge in [-0.1, -0.05) is 25.1 Å². The van der Waals surface area contributed by atoms with Crippen LogP contribution in [0.2, 0.25) is 0 Å². The number of carbonyl (C=O) groups is 2. The van der Waals surface area contributed by atoms with E-state index in [4.69, 9.17) is 4.74 Å². The number of likely N-dealkylation sites (tertiary alicyclic amines) is 1. The van der Waals surface area contributed by atoms with Gasteiger partial charge in [0.25, 0.3) is 11.7 Å². The van der Waals surface area contributed by atoms with Crippen LogP contribution in [0.15, 0.2) is 54.2 Å². The molecule has 2 aromatic carbocycles. The molecule has 2 heterocycles. The number of ketones is 1. The Morgan fingerprint density at radius 2 is 1.94 bits per heavy atom. The Morgan fingerprint density at radius 1 is 1.19 bits per heavy atom. The highest BCUT2D eigenvalue weighted by molar-refractivity contribution is 6.46. The van der Waals surface area contributed by atoms with Gasteiger partial charge in [-0.15, -0.1) is 0 Å². The van der Waals surface area contributed by atoms with Crippen molar-refractivity contribution in [1.29, 1.82) is 0 Å². The van der Waals surface area contributed by atoms with E-state index in [9.17, 15) is 19.1 Å². The lowest BCUT2D eigenvalue weighted by Gasteiger charge is -2.24. The van der Waals surface area contributed by atoms with Crippen LogP contribution in [0, 0.1) is 5.82 Å². The molecule has 4 rings (SSSR count). The molecule has 0 bridgehead atoms. The van der Waals surface area contributed by atoms with Crippen LogP contribution in [0.1, 0.15) is 30.5 Å². The molecule has 0 spiro atoms. The Balaban J connectivity index is 2.01. The molecule has 3 aromatic rings. The van der Waals surface area contributed by atoms with Gasteiger partial charge in [0, 0.05) is 36.3 Å². The summed E-state index contributed by atoms with van der Waals surface area (Å²) in [6.45, 7) is 2.25.